The quantitative estimate of drug-likeness (QED) is 0.762. The molecule has 2 aliphatic heterocycles. The average Bonchev–Trinajstić information content (AvgIpc) is 3.36. The number of likely N-dealkylation sites (tertiary alicyclic amines) is 1. The maximum absolute atomic E-state index is 13.4. The monoisotopic (exact) mass is 372 g/mol. The molecule has 0 radical (unpaired) electrons. The van der Waals surface area contributed by atoms with Crippen molar-refractivity contribution >= 4 is 5.91 Å². The van der Waals surface area contributed by atoms with E-state index in [0.29, 0.717) is 18.5 Å². The molecule has 1 aromatic carbocycles. The topological polar surface area (TPSA) is 42.0 Å². The first-order chi connectivity index (χ1) is 13.2. The zero-order valence-electron chi connectivity index (χ0n) is 16.5. The van der Waals surface area contributed by atoms with E-state index in [9.17, 15) is 4.79 Å². The molecule has 0 spiro atoms. The average molecular weight is 373 g/mol. The third kappa shape index (κ3) is 4.23. The van der Waals surface area contributed by atoms with Crippen molar-refractivity contribution in [3.05, 3.63) is 23.8 Å². The number of fused-ring (bicyclic) bond motifs is 1. The summed E-state index contributed by atoms with van der Waals surface area (Å²) >= 11 is 0. The van der Waals surface area contributed by atoms with Crippen LogP contribution in [0, 0.1) is 5.92 Å². The van der Waals surface area contributed by atoms with Crippen LogP contribution < -0.4 is 9.47 Å². The fourth-order valence-electron chi connectivity index (χ4n) is 4.87. The molecule has 5 nitrogen and oxygen atoms in total. The van der Waals surface area contributed by atoms with Crippen LogP contribution in [-0.2, 0) is 11.3 Å². The minimum atomic E-state index is 0.212. The number of carbonyl (C=O) groups is 1. The molecular formula is C22H32N2O3. The summed E-state index contributed by atoms with van der Waals surface area (Å²) in [6, 6.07) is 6.57. The lowest BCUT2D eigenvalue weighted by Crippen LogP contribution is -2.45. The van der Waals surface area contributed by atoms with Crippen molar-refractivity contribution in [2.75, 3.05) is 26.4 Å². The highest BCUT2D eigenvalue weighted by Crippen LogP contribution is 2.33. The van der Waals surface area contributed by atoms with Crippen LogP contribution in [0.3, 0.4) is 0 Å². The SMILES string of the molecule is CCN1CCC[C@@H]1CN(Cc1ccc2c(c1)OCO2)C(=O)C1CCCCC1. The molecule has 1 saturated carbocycles. The third-order valence-corrected chi connectivity index (χ3v) is 6.41. The second-order valence-electron chi connectivity index (χ2n) is 8.17. The number of likely N-dealkylation sites (N-methyl/N-ethyl adjacent to an activating group) is 1. The summed E-state index contributed by atoms with van der Waals surface area (Å²) in [5.74, 6) is 2.17. The summed E-state index contributed by atoms with van der Waals surface area (Å²) < 4.78 is 11.0. The Hall–Kier alpha value is -1.75. The molecule has 3 aliphatic rings. The van der Waals surface area contributed by atoms with E-state index in [4.69, 9.17) is 9.47 Å². The number of benzene rings is 1. The van der Waals surface area contributed by atoms with Gasteiger partial charge < -0.3 is 14.4 Å². The van der Waals surface area contributed by atoms with Crippen molar-refractivity contribution in [2.24, 2.45) is 5.92 Å². The fraction of sp³-hybridized carbons (Fsp3) is 0.682. The van der Waals surface area contributed by atoms with E-state index in [2.05, 4.69) is 22.8 Å². The Kier molecular flexibility index (Phi) is 5.86. The van der Waals surface area contributed by atoms with Gasteiger partial charge in [0, 0.05) is 25.0 Å². The van der Waals surface area contributed by atoms with Crippen molar-refractivity contribution in [1.29, 1.82) is 0 Å². The van der Waals surface area contributed by atoms with E-state index in [1.165, 1.54) is 32.1 Å². The maximum atomic E-state index is 13.4. The molecule has 1 aromatic rings. The van der Waals surface area contributed by atoms with E-state index >= 15 is 0 Å². The van der Waals surface area contributed by atoms with Crippen molar-refractivity contribution in [1.82, 2.24) is 9.80 Å². The first kappa shape index (κ1) is 18.6. The van der Waals surface area contributed by atoms with Gasteiger partial charge >= 0.3 is 0 Å². The smallest absolute Gasteiger partial charge is 0.231 e. The lowest BCUT2D eigenvalue weighted by Gasteiger charge is -2.34. The maximum Gasteiger partial charge on any atom is 0.231 e. The summed E-state index contributed by atoms with van der Waals surface area (Å²) in [5.41, 5.74) is 1.13. The van der Waals surface area contributed by atoms with E-state index in [1.54, 1.807) is 0 Å². The van der Waals surface area contributed by atoms with Crippen molar-refractivity contribution < 1.29 is 14.3 Å². The number of nitrogens with zero attached hydrogens (tertiary/aromatic N) is 2. The van der Waals surface area contributed by atoms with Gasteiger partial charge in [-0.25, -0.2) is 0 Å². The third-order valence-electron chi connectivity index (χ3n) is 6.41. The highest BCUT2D eigenvalue weighted by atomic mass is 16.7. The van der Waals surface area contributed by atoms with Gasteiger partial charge in [-0.15, -0.1) is 0 Å². The molecule has 27 heavy (non-hydrogen) atoms. The summed E-state index contributed by atoms with van der Waals surface area (Å²) in [7, 11) is 0. The Bertz CT molecular complexity index is 657. The second-order valence-corrected chi connectivity index (χ2v) is 8.17. The van der Waals surface area contributed by atoms with Gasteiger partial charge in [0.05, 0.1) is 0 Å². The Morgan fingerprint density at radius 2 is 1.93 bits per heavy atom. The summed E-state index contributed by atoms with van der Waals surface area (Å²) in [6.07, 6.45) is 8.21. The minimum Gasteiger partial charge on any atom is -0.454 e. The Morgan fingerprint density at radius 1 is 1.11 bits per heavy atom. The number of amides is 1. The predicted molar refractivity (Wildman–Crippen MR) is 105 cm³/mol. The molecule has 0 bridgehead atoms. The molecule has 4 rings (SSSR count). The zero-order chi connectivity index (χ0) is 18.6. The van der Waals surface area contributed by atoms with E-state index in [0.717, 1.165) is 49.5 Å². The highest BCUT2D eigenvalue weighted by molar-refractivity contribution is 5.79. The molecule has 2 heterocycles. The van der Waals surface area contributed by atoms with E-state index in [1.807, 2.05) is 12.1 Å². The molecule has 1 saturated heterocycles. The first-order valence-electron chi connectivity index (χ1n) is 10.7. The highest BCUT2D eigenvalue weighted by Gasteiger charge is 2.31. The van der Waals surface area contributed by atoms with Crippen LogP contribution in [0.2, 0.25) is 0 Å². The molecule has 148 valence electrons. The zero-order valence-corrected chi connectivity index (χ0v) is 16.5. The number of hydrogen-bond acceptors (Lipinski definition) is 4. The molecule has 1 atom stereocenters. The van der Waals surface area contributed by atoms with Crippen LogP contribution in [0.1, 0.15) is 57.4 Å². The summed E-state index contributed by atoms with van der Waals surface area (Å²) in [4.78, 5) is 18.0. The van der Waals surface area contributed by atoms with Gasteiger partial charge in [-0.1, -0.05) is 32.3 Å². The Labute approximate surface area is 162 Å². The Morgan fingerprint density at radius 3 is 2.74 bits per heavy atom. The van der Waals surface area contributed by atoms with Gasteiger partial charge in [-0.05, 0) is 56.5 Å². The fourth-order valence-corrected chi connectivity index (χ4v) is 4.87. The van der Waals surface area contributed by atoms with E-state index < -0.39 is 0 Å². The minimum absolute atomic E-state index is 0.212. The Balaban J connectivity index is 1.50. The van der Waals surface area contributed by atoms with Crippen molar-refractivity contribution in [3.63, 3.8) is 0 Å². The largest absolute Gasteiger partial charge is 0.454 e. The second kappa shape index (κ2) is 8.51. The van der Waals surface area contributed by atoms with Crippen molar-refractivity contribution in [2.45, 2.75) is 64.5 Å². The number of hydrogen-bond donors (Lipinski definition) is 0. The molecule has 2 fully saturated rings. The standard InChI is InChI=1S/C22H32N2O3/c1-2-23-12-6-9-19(23)15-24(22(25)18-7-4-3-5-8-18)14-17-10-11-20-21(13-17)27-16-26-20/h10-11,13,18-19H,2-9,12,14-16H2,1H3/t19-/m1/s1. The summed E-state index contributed by atoms with van der Waals surface area (Å²) in [5, 5.41) is 0. The van der Waals surface area contributed by atoms with Crippen LogP contribution in [0.15, 0.2) is 18.2 Å². The van der Waals surface area contributed by atoms with Crippen LogP contribution in [0.25, 0.3) is 0 Å². The molecule has 0 unspecified atom stereocenters. The van der Waals surface area contributed by atoms with E-state index in [-0.39, 0.29) is 12.7 Å². The van der Waals surface area contributed by atoms with Crippen molar-refractivity contribution in [3.8, 4) is 11.5 Å². The van der Waals surface area contributed by atoms with Crippen LogP contribution in [-0.4, -0.2) is 48.2 Å². The van der Waals surface area contributed by atoms with Gasteiger partial charge in [-0.3, -0.25) is 9.69 Å². The molecule has 0 N–H and O–H groups in total. The van der Waals surface area contributed by atoms with Crippen LogP contribution >= 0.6 is 0 Å². The van der Waals surface area contributed by atoms with Gasteiger partial charge in [-0.2, -0.15) is 0 Å². The van der Waals surface area contributed by atoms with Gasteiger partial charge in [0.2, 0.25) is 12.7 Å². The molecule has 1 aliphatic carbocycles. The lowest BCUT2D eigenvalue weighted by atomic mass is 9.88. The number of carbonyl (C=O) groups excluding carboxylic acids is 1. The molecule has 1 amide bonds. The number of ether oxygens (including phenoxy) is 2. The molecular weight excluding hydrogens is 340 g/mol. The van der Waals surface area contributed by atoms with Crippen LogP contribution in [0.5, 0.6) is 11.5 Å². The van der Waals surface area contributed by atoms with Gasteiger partial charge in [0.15, 0.2) is 11.5 Å². The lowest BCUT2D eigenvalue weighted by molar-refractivity contribution is -0.138. The molecule has 5 heteroatoms. The normalized spacial score (nSPS) is 22.9. The number of rotatable bonds is 6. The summed E-state index contributed by atoms with van der Waals surface area (Å²) in [6.45, 7) is 6.26. The van der Waals surface area contributed by atoms with Crippen LogP contribution in [0.4, 0.5) is 0 Å². The first-order valence-corrected chi connectivity index (χ1v) is 10.7. The molecule has 0 aromatic heterocycles. The van der Waals surface area contributed by atoms with Gasteiger partial charge in [0.1, 0.15) is 0 Å². The predicted octanol–water partition coefficient (Wildman–Crippen LogP) is 3.81. The van der Waals surface area contributed by atoms with Gasteiger partial charge in [0.25, 0.3) is 0 Å².